The van der Waals surface area contributed by atoms with E-state index in [1.807, 2.05) is 0 Å². The number of hydrogen-bond donors (Lipinski definition) is 1. The van der Waals surface area contributed by atoms with Gasteiger partial charge in [-0.05, 0) is 12.3 Å². The molecule has 0 aliphatic carbocycles. The molecule has 0 radical (unpaired) electrons. The van der Waals surface area contributed by atoms with E-state index in [2.05, 4.69) is 18.6 Å². The molecule has 0 spiro atoms. The Bertz CT molecular complexity index is 315. The fourth-order valence-corrected chi connectivity index (χ4v) is 3.62. The lowest BCUT2D eigenvalue weighted by atomic mass is 10.0. The van der Waals surface area contributed by atoms with Crippen LogP contribution >= 0.6 is 0 Å². The van der Waals surface area contributed by atoms with E-state index < -0.39 is 12.1 Å². The third kappa shape index (κ3) is 20.0. The molecule has 0 heterocycles. The summed E-state index contributed by atoms with van der Waals surface area (Å²) in [6.45, 7) is 4.64. The van der Waals surface area contributed by atoms with Gasteiger partial charge in [0.25, 0.3) is 0 Å². The summed E-state index contributed by atoms with van der Waals surface area (Å²) < 4.78 is 4.51. The minimum Gasteiger partial charge on any atom is -0.467 e. The van der Waals surface area contributed by atoms with E-state index in [4.69, 9.17) is 0 Å². The van der Waals surface area contributed by atoms with Crippen LogP contribution < -0.4 is 0 Å². The molecule has 0 saturated heterocycles. The summed E-state index contributed by atoms with van der Waals surface area (Å²) in [5, 5.41) is 9.49. The smallest absolute Gasteiger partial charge is 0.334 e. The number of aliphatic hydroxyl groups is 1. The molecule has 0 rings (SSSR count). The second kappa shape index (κ2) is 20.2. The van der Waals surface area contributed by atoms with Gasteiger partial charge in [-0.3, -0.25) is 0 Å². The lowest BCUT2D eigenvalue weighted by Crippen LogP contribution is -2.21. The summed E-state index contributed by atoms with van der Waals surface area (Å²) in [4.78, 5) is 11.1. The van der Waals surface area contributed by atoms with Gasteiger partial charge in [-0.25, -0.2) is 4.79 Å². The first-order valence-corrected chi connectivity index (χ1v) is 11.8. The van der Waals surface area contributed by atoms with Gasteiger partial charge in [-0.15, -0.1) is 0 Å². The maximum Gasteiger partial charge on any atom is 0.334 e. The zero-order valence-electron chi connectivity index (χ0n) is 18.6. The van der Waals surface area contributed by atoms with Gasteiger partial charge in [0.15, 0.2) is 6.10 Å². The summed E-state index contributed by atoms with van der Waals surface area (Å²) in [7, 11) is 1.32. The molecule has 0 fully saturated rings. The minimum absolute atomic E-state index is 0.503. The van der Waals surface area contributed by atoms with Crippen LogP contribution in [0.2, 0.25) is 0 Å². The van der Waals surface area contributed by atoms with Crippen LogP contribution in [0.1, 0.15) is 129 Å². The molecule has 0 aromatic carbocycles. The van der Waals surface area contributed by atoms with Gasteiger partial charge in [0, 0.05) is 0 Å². The monoisotopic (exact) mass is 384 g/mol. The highest BCUT2D eigenvalue weighted by Crippen LogP contribution is 2.15. The van der Waals surface area contributed by atoms with E-state index >= 15 is 0 Å². The van der Waals surface area contributed by atoms with Crippen molar-refractivity contribution < 1.29 is 14.6 Å². The molecule has 1 atom stereocenters. The normalized spacial score (nSPS) is 12.5. The second-order valence-electron chi connectivity index (χ2n) is 8.67. The Morgan fingerprint density at radius 3 is 1.22 bits per heavy atom. The molecule has 0 aliphatic rings. The fraction of sp³-hybridized carbons (Fsp3) is 0.958. The average molecular weight is 385 g/mol. The van der Waals surface area contributed by atoms with Crippen LogP contribution in [0.3, 0.4) is 0 Å². The van der Waals surface area contributed by atoms with Crippen LogP contribution in [0.5, 0.6) is 0 Å². The van der Waals surface area contributed by atoms with Gasteiger partial charge in [0.05, 0.1) is 7.11 Å². The topological polar surface area (TPSA) is 46.5 Å². The van der Waals surface area contributed by atoms with E-state index in [1.54, 1.807) is 0 Å². The van der Waals surface area contributed by atoms with Gasteiger partial charge in [0.2, 0.25) is 0 Å². The zero-order valence-corrected chi connectivity index (χ0v) is 18.6. The van der Waals surface area contributed by atoms with Crippen LogP contribution in [0, 0.1) is 5.92 Å². The van der Waals surface area contributed by atoms with E-state index in [1.165, 1.54) is 103 Å². The molecular formula is C24H48O3. The Kier molecular flexibility index (Phi) is 19.7. The summed E-state index contributed by atoms with van der Waals surface area (Å²) in [5.74, 6) is 0.369. The number of aliphatic hydroxyl groups excluding tert-OH is 1. The number of rotatable bonds is 20. The number of hydrogen-bond acceptors (Lipinski definition) is 3. The third-order valence-electron chi connectivity index (χ3n) is 5.48. The van der Waals surface area contributed by atoms with E-state index in [0.717, 1.165) is 18.8 Å². The third-order valence-corrected chi connectivity index (χ3v) is 5.48. The quantitative estimate of drug-likeness (QED) is 0.178. The van der Waals surface area contributed by atoms with Crippen molar-refractivity contribution in [2.45, 2.75) is 136 Å². The first-order chi connectivity index (χ1) is 13.1. The lowest BCUT2D eigenvalue weighted by Gasteiger charge is -2.07. The Morgan fingerprint density at radius 2 is 0.926 bits per heavy atom. The van der Waals surface area contributed by atoms with Gasteiger partial charge >= 0.3 is 5.97 Å². The van der Waals surface area contributed by atoms with Crippen molar-refractivity contribution in [2.24, 2.45) is 5.92 Å². The van der Waals surface area contributed by atoms with E-state index in [0.29, 0.717) is 6.42 Å². The van der Waals surface area contributed by atoms with Crippen LogP contribution in [0.15, 0.2) is 0 Å². The van der Waals surface area contributed by atoms with Crippen LogP contribution in [0.4, 0.5) is 0 Å². The Balaban J connectivity index is 3.10. The fourth-order valence-electron chi connectivity index (χ4n) is 3.62. The van der Waals surface area contributed by atoms with Crippen molar-refractivity contribution in [3.63, 3.8) is 0 Å². The molecule has 0 aliphatic heterocycles. The summed E-state index contributed by atoms with van der Waals surface area (Å²) in [6, 6.07) is 0. The maximum atomic E-state index is 11.1. The molecule has 3 nitrogen and oxygen atoms in total. The maximum absolute atomic E-state index is 11.1. The molecule has 0 amide bonds. The van der Waals surface area contributed by atoms with Crippen LogP contribution in [-0.2, 0) is 9.53 Å². The highest BCUT2D eigenvalue weighted by molar-refractivity contribution is 5.74. The van der Waals surface area contributed by atoms with Gasteiger partial charge in [0.1, 0.15) is 0 Å². The molecule has 3 heteroatoms. The first kappa shape index (κ1) is 26.4. The molecule has 162 valence electrons. The van der Waals surface area contributed by atoms with E-state index in [9.17, 15) is 9.90 Å². The van der Waals surface area contributed by atoms with Crippen molar-refractivity contribution >= 4 is 5.97 Å². The van der Waals surface area contributed by atoms with Crippen molar-refractivity contribution in [1.29, 1.82) is 0 Å². The van der Waals surface area contributed by atoms with Crippen molar-refractivity contribution in [2.75, 3.05) is 7.11 Å². The summed E-state index contributed by atoms with van der Waals surface area (Å²) in [5.41, 5.74) is 0. The summed E-state index contributed by atoms with van der Waals surface area (Å²) in [6.07, 6.45) is 22.4. The van der Waals surface area contributed by atoms with Crippen LogP contribution in [-0.4, -0.2) is 24.3 Å². The molecule has 0 saturated carbocycles. The number of methoxy groups -OCH3 is 1. The highest BCUT2D eigenvalue weighted by Gasteiger charge is 2.13. The largest absolute Gasteiger partial charge is 0.467 e. The van der Waals surface area contributed by atoms with Crippen LogP contribution in [0.25, 0.3) is 0 Å². The molecular weight excluding hydrogens is 336 g/mol. The van der Waals surface area contributed by atoms with Crippen molar-refractivity contribution in [3.05, 3.63) is 0 Å². The molecule has 0 aromatic heterocycles. The van der Waals surface area contributed by atoms with Crippen molar-refractivity contribution in [3.8, 4) is 0 Å². The van der Waals surface area contributed by atoms with Gasteiger partial charge < -0.3 is 9.84 Å². The lowest BCUT2D eigenvalue weighted by molar-refractivity contribution is -0.150. The molecule has 1 N–H and O–H groups in total. The Labute approximate surface area is 169 Å². The molecule has 0 aromatic rings. The predicted molar refractivity (Wildman–Crippen MR) is 116 cm³/mol. The Hall–Kier alpha value is -0.570. The number of unbranched alkanes of at least 4 members (excludes halogenated alkanes) is 15. The number of esters is 1. The van der Waals surface area contributed by atoms with Crippen molar-refractivity contribution in [1.82, 2.24) is 0 Å². The average Bonchev–Trinajstić information content (AvgIpc) is 2.65. The zero-order chi connectivity index (χ0) is 20.2. The predicted octanol–water partition coefficient (Wildman–Crippen LogP) is 7.20. The van der Waals surface area contributed by atoms with Gasteiger partial charge in [-0.1, -0.05) is 123 Å². The SMILES string of the molecule is COC(=O)C(O)CCCCCCCCCCCCCCCCCCC(C)C. The van der Waals surface area contributed by atoms with E-state index in [-0.39, 0.29) is 0 Å². The Morgan fingerprint density at radius 1 is 0.630 bits per heavy atom. The number of carbonyl (C=O) groups excluding carboxylic acids is 1. The number of ether oxygens (including phenoxy) is 1. The summed E-state index contributed by atoms with van der Waals surface area (Å²) >= 11 is 0. The standard InChI is InChI=1S/C24H48O3/c1-22(2)20-18-16-14-12-10-8-6-4-5-7-9-11-13-15-17-19-21-23(25)24(26)27-3/h22-23,25H,4-21H2,1-3H3. The first-order valence-electron chi connectivity index (χ1n) is 11.8. The minimum atomic E-state index is -0.931. The molecule has 1 unspecified atom stereocenters. The number of carbonyl (C=O) groups is 1. The molecule has 0 bridgehead atoms. The van der Waals surface area contributed by atoms with Gasteiger partial charge in [-0.2, -0.15) is 0 Å². The second-order valence-corrected chi connectivity index (χ2v) is 8.67. The molecule has 27 heavy (non-hydrogen) atoms. The highest BCUT2D eigenvalue weighted by atomic mass is 16.5.